The SMILES string of the molecule is Cc1ccc(NC(=O)C2CCS(=O)(=O)C2)cc1Cl. The Morgan fingerprint density at radius 2 is 2.17 bits per heavy atom. The highest BCUT2D eigenvalue weighted by Gasteiger charge is 2.32. The maximum Gasteiger partial charge on any atom is 0.228 e. The average Bonchev–Trinajstić information content (AvgIpc) is 2.64. The molecule has 1 atom stereocenters. The molecule has 1 heterocycles. The molecule has 1 amide bonds. The van der Waals surface area contributed by atoms with Crippen LogP contribution in [-0.4, -0.2) is 25.8 Å². The predicted molar refractivity (Wildman–Crippen MR) is 71.6 cm³/mol. The second-order valence-corrected chi connectivity index (χ2v) is 7.19. The van der Waals surface area contributed by atoms with Gasteiger partial charge in [0.15, 0.2) is 9.84 Å². The molecule has 1 aromatic rings. The molecule has 4 nitrogen and oxygen atoms in total. The summed E-state index contributed by atoms with van der Waals surface area (Å²) in [7, 11) is -3.03. The highest BCUT2D eigenvalue weighted by atomic mass is 35.5. The van der Waals surface area contributed by atoms with Crippen molar-refractivity contribution in [1.29, 1.82) is 0 Å². The van der Waals surface area contributed by atoms with Gasteiger partial charge in [-0.25, -0.2) is 8.42 Å². The predicted octanol–water partition coefficient (Wildman–Crippen LogP) is 2.02. The smallest absolute Gasteiger partial charge is 0.228 e. The molecule has 2 rings (SSSR count). The quantitative estimate of drug-likeness (QED) is 0.905. The van der Waals surface area contributed by atoms with Crippen molar-refractivity contribution in [3.63, 3.8) is 0 Å². The number of rotatable bonds is 2. The van der Waals surface area contributed by atoms with E-state index in [1.54, 1.807) is 12.1 Å². The minimum absolute atomic E-state index is 0.0571. The molecule has 0 aliphatic carbocycles. The van der Waals surface area contributed by atoms with E-state index in [0.717, 1.165) is 5.56 Å². The first-order chi connectivity index (χ1) is 8.37. The van der Waals surface area contributed by atoms with E-state index in [1.807, 2.05) is 13.0 Å². The summed E-state index contributed by atoms with van der Waals surface area (Å²) in [6.07, 6.45) is 0.397. The van der Waals surface area contributed by atoms with E-state index in [-0.39, 0.29) is 17.4 Å². The molecule has 0 radical (unpaired) electrons. The number of sulfone groups is 1. The van der Waals surface area contributed by atoms with Crippen LogP contribution >= 0.6 is 11.6 Å². The van der Waals surface area contributed by atoms with Crippen molar-refractivity contribution in [2.24, 2.45) is 5.92 Å². The van der Waals surface area contributed by atoms with Crippen molar-refractivity contribution in [3.8, 4) is 0 Å². The molecule has 98 valence electrons. The van der Waals surface area contributed by atoms with Crippen LogP contribution in [0.2, 0.25) is 5.02 Å². The van der Waals surface area contributed by atoms with Crippen LogP contribution in [0.5, 0.6) is 0 Å². The topological polar surface area (TPSA) is 63.2 Å². The molecule has 0 spiro atoms. The monoisotopic (exact) mass is 287 g/mol. The summed E-state index contributed by atoms with van der Waals surface area (Å²) in [6, 6.07) is 5.23. The van der Waals surface area contributed by atoms with Crippen LogP contribution < -0.4 is 5.32 Å². The van der Waals surface area contributed by atoms with Crippen molar-refractivity contribution < 1.29 is 13.2 Å². The lowest BCUT2D eigenvalue weighted by Gasteiger charge is -2.10. The molecule has 1 unspecified atom stereocenters. The van der Waals surface area contributed by atoms with Crippen LogP contribution in [0.1, 0.15) is 12.0 Å². The summed E-state index contributed by atoms with van der Waals surface area (Å²) in [4.78, 5) is 11.9. The third kappa shape index (κ3) is 3.03. The summed E-state index contributed by atoms with van der Waals surface area (Å²) in [5.41, 5.74) is 1.53. The maximum atomic E-state index is 11.9. The zero-order chi connectivity index (χ0) is 13.3. The van der Waals surface area contributed by atoms with Gasteiger partial charge in [-0.3, -0.25) is 4.79 Å². The van der Waals surface area contributed by atoms with Gasteiger partial charge in [-0.2, -0.15) is 0 Å². The van der Waals surface area contributed by atoms with Gasteiger partial charge in [0.05, 0.1) is 17.4 Å². The number of amides is 1. The van der Waals surface area contributed by atoms with Crippen LogP contribution in [0.15, 0.2) is 18.2 Å². The van der Waals surface area contributed by atoms with Crippen molar-refractivity contribution in [2.45, 2.75) is 13.3 Å². The Morgan fingerprint density at radius 1 is 1.44 bits per heavy atom. The van der Waals surface area contributed by atoms with E-state index < -0.39 is 15.8 Å². The van der Waals surface area contributed by atoms with Crippen LogP contribution in [-0.2, 0) is 14.6 Å². The van der Waals surface area contributed by atoms with Gasteiger partial charge in [0.1, 0.15) is 0 Å². The number of carbonyl (C=O) groups is 1. The summed E-state index contributed by atoms with van der Waals surface area (Å²) >= 11 is 5.96. The molecule has 0 saturated carbocycles. The molecule has 1 saturated heterocycles. The fourth-order valence-corrected chi connectivity index (χ4v) is 3.84. The zero-order valence-corrected chi connectivity index (χ0v) is 11.5. The highest BCUT2D eigenvalue weighted by Crippen LogP contribution is 2.23. The van der Waals surface area contributed by atoms with Crippen molar-refractivity contribution >= 4 is 33.0 Å². The lowest BCUT2D eigenvalue weighted by Crippen LogP contribution is -2.23. The minimum Gasteiger partial charge on any atom is -0.326 e. The van der Waals surface area contributed by atoms with E-state index in [0.29, 0.717) is 17.1 Å². The molecule has 6 heteroatoms. The van der Waals surface area contributed by atoms with Gasteiger partial charge in [-0.1, -0.05) is 17.7 Å². The molecule has 1 aromatic carbocycles. The molecular weight excluding hydrogens is 274 g/mol. The molecule has 1 aliphatic heterocycles. The normalized spacial score (nSPS) is 21.8. The summed E-state index contributed by atoms with van der Waals surface area (Å²) < 4.78 is 22.6. The standard InChI is InChI=1S/C12H14ClNO3S/c1-8-2-3-10(6-11(8)13)14-12(15)9-4-5-18(16,17)7-9/h2-3,6,9H,4-5,7H2,1H3,(H,14,15). The number of halogens is 1. The van der Waals surface area contributed by atoms with Crippen LogP contribution in [0.3, 0.4) is 0 Å². The van der Waals surface area contributed by atoms with Crippen LogP contribution in [0, 0.1) is 12.8 Å². The number of carbonyl (C=O) groups excluding carboxylic acids is 1. The first-order valence-corrected chi connectivity index (χ1v) is 7.85. The van der Waals surface area contributed by atoms with Gasteiger partial charge in [0, 0.05) is 10.7 Å². The Hall–Kier alpha value is -1.07. The number of anilines is 1. The van der Waals surface area contributed by atoms with Gasteiger partial charge in [0.25, 0.3) is 0 Å². The second kappa shape index (κ2) is 4.90. The first-order valence-electron chi connectivity index (χ1n) is 5.65. The molecule has 1 fully saturated rings. The fraction of sp³-hybridized carbons (Fsp3) is 0.417. The Balaban J connectivity index is 2.06. The van der Waals surface area contributed by atoms with Crippen LogP contribution in [0.25, 0.3) is 0 Å². The maximum absolute atomic E-state index is 11.9. The lowest BCUT2D eigenvalue weighted by molar-refractivity contribution is -0.119. The average molecular weight is 288 g/mol. The van der Waals surface area contributed by atoms with E-state index in [1.165, 1.54) is 0 Å². The largest absolute Gasteiger partial charge is 0.326 e. The minimum atomic E-state index is -3.03. The highest BCUT2D eigenvalue weighted by molar-refractivity contribution is 7.91. The molecule has 0 aromatic heterocycles. The van der Waals surface area contributed by atoms with Crippen molar-refractivity contribution in [3.05, 3.63) is 28.8 Å². The van der Waals surface area contributed by atoms with Gasteiger partial charge < -0.3 is 5.32 Å². The first kappa shape index (κ1) is 13.4. The third-order valence-corrected chi connectivity index (χ3v) is 5.22. The lowest BCUT2D eigenvalue weighted by atomic mass is 10.1. The van der Waals surface area contributed by atoms with E-state index in [4.69, 9.17) is 11.6 Å². The Morgan fingerprint density at radius 3 is 2.72 bits per heavy atom. The Kier molecular flexibility index (Phi) is 3.64. The third-order valence-electron chi connectivity index (χ3n) is 3.04. The number of nitrogens with one attached hydrogen (secondary N) is 1. The van der Waals surface area contributed by atoms with Crippen LogP contribution in [0.4, 0.5) is 5.69 Å². The number of benzene rings is 1. The number of hydrogen-bond donors (Lipinski definition) is 1. The molecular formula is C12H14ClNO3S. The summed E-state index contributed by atoms with van der Waals surface area (Å²) in [5.74, 6) is -0.663. The van der Waals surface area contributed by atoms with E-state index in [2.05, 4.69) is 5.32 Å². The van der Waals surface area contributed by atoms with Gasteiger partial charge >= 0.3 is 0 Å². The summed E-state index contributed by atoms with van der Waals surface area (Å²) in [6.45, 7) is 1.87. The van der Waals surface area contributed by atoms with Gasteiger partial charge in [0.2, 0.25) is 5.91 Å². The summed E-state index contributed by atoms with van der Waals surface area (Å²) in [5, 5.41) is 3.28. The van der Waals surface area contributed by atoms with E-state index >= 15 is 0 Å². The van der Waals surface area contributed by atoms with Crippen molar-refractivity contribution in [2.75, 3.05) is 16.8 Å². The van der Waals surface area contributed by atoms with E-state index in [9.17, 15) is 13.2 Å². The number of aryl methyl sites for hydroxylation is 1. The fourth-order valence-electron chi connectivity index (χ4n) is 1.92. The Labute approximate surface area is 111 Å². The van der Waals surface area contributed by atoms with Gasteiger partial charge in [-0.15, -0.1) is 0 Å². The Bertz CT molecular complexity index is 583. The van der Waals surface area contributed by atoms with Crippen molar-refractivity contribution in [1.82, 2.24) is 0 Å². The zero-order valence-electron chi connectivity index (χ0n) is 9.94. The van der Waals surface area contributed by atoms with Gasteiger partial charge in [-0.05, 0) is 31.0 Å². The molecule has 1 N–H and O–H groups in total. The molecule has 1 aliphatic rings. The molecule has 0 bridgehead atoms. The second-order valence-electron chi connectivity index (χ2n) is 4.55. The number of hydrogen-bond acceptors (Lipinski definition) is 3. The molecule has 18 heavy (non-hydrogen) atoms.